The number of alkyl halides is 3. The smallest absolute Gasteiger partial charge is 0.323 e. The minimum absolute atomic E-state index is 0.0747. The van der Waals surface area contributed by atoms with Gasteiger partial charge >= 0.3 is 6.18 Å². The SMILES string of the molecule is Cc1ccc(Cl)cc1N(CC(=O)Nc1cc(C(F)(F)F)ccc1Cl)S(=O)(=O)c1ccccc1. The first-order valence-corrected chi connectivity index (χ1v) is 11.6. The van der Waals surface area contributed by atoms with E-state index in [1.807, 2.05) is 0 Å². The summed E-state index contributed by atoms with van der Waals surface area (Å²) in [5, 5.41) is 2.38. The van der Waals surface area contributed by atoms with Gasteiger partial charge in [-0.15, -0.1) is 0 Å². The van der Waals surface area contributed by atoms with Crippen LogP contribution in [-0.4, -0.2) is 20.9 Å². The summed E-state index contributed by atoms with van der Waals surface area (Å²) in [5.74, 6) is -0.893. The van der Waals surface area contributed by atoms with Crippen LogP contribution in [0.25, 0.3) is 0 Å². The van der Waals surface area contributed by atoms with E-state index >= 15 is 0 Å². The van der Waals surface area contributed by atoms with E-state index in [9.17, 15) is 26.4 Å². The number of sulfonamides is 1. The highest BCUT2D eigenvalue weighted by Gasteiger charge is 2.32. The normalized spacial score (nSPS) is 11.8. The molecule has 174 valence electrons. The van der Waals surface area contributed by atoms with Crippen molar-refractivity contribution in [2.24, 2.45) is 0 Å². The molecule has 0 atom stereocenters. The van der Waals surface area contributed by atoms with Crippen molar-refractivity contribution >= 4 is 50.5 Å². The molecule has 0 fully saturated rings. The second-order valence-electron chi connectivity index (χ2n) is 7.00. The van der Waals surface area contributed by atoms with Gasteiger partial charge in [0.25, 0.3) is 10.0 Å². The second kappa shape index (κ2) is 9.62. The highest BCUT2D eigenvalue weighted by atomic mass is 35.5. The van der Waals surface area contributed by atoms with Crippen LogP contribution in [0.3, 0.4) is 0 Å². The highest BCUT2D eigenvalue weighted by Crippen LogP contribution is 2.34. The molecule has 0 heterocycles. The lowest BCUT2D eigenvalue weighted by atomic mass is 10.2. The van der Waals surface area contributed by atoms with Crippen molar-refractivity contribution in [2.75, 3.05) is 16.2 Å². The minimum Gasteiger partial charge on any atom is -0.323 e. The largest absolute Gasteiger partial charge is 0.416 e. The summed E-state index contributed by atoms with van der Waals surface area (Å²) in [7, 11) is -4.22. The highest BCUT2D eigenvalue weighted by molar-refractivity contribution is 7.92. The maximum atomic E-state index is 13.4. The topological polar surface area (TPSA) is 66.5 Å². The fourth-order valence-electron chi connectivity index (χ4n) is 2.99. The lowest BCUT2D eigenvalue weighted by molar-refractivity contribution is -0.137. The van der Waals surface area contributed by atoms with Crippen molar-refractivity contribution in [3.05, 3.63) is 87.9 Å². The van der Waals surface area contributed by atoms with Crippen molar-refractivity contribution in [1.29, 1.82) is 0 Å². The molecule has 1 amide bonds. The number of nitrogens with zero attached hydrogens (tertiary/aromatic N) is 1. The van der Waals surface area contributed by atoms with Crippen molar-refractivity contribution in [3.8, 4) is 0 Å². The number of anilines is 2. The average molecular weight is 517 g/mol. The zero-order valence-electron chi connectivity index (χ0n) is 17.0. The molecule has 0 bridgehead atoms. The molecule has 0 aromatic heterocycles. The standard InChI is InChI=1S/C22H17Cl2F3N2O3S/c1-14-7-9-16(23)12-20(14)29(33(31,32)17-5-3-2-4-6-17)13-21(30)28-19-11-15(22(25,26)27)8-10-18(19)24/h2-12H,13H2,1H3,(H,28,30). The zero-order valence-corrected chi connectivity index (χ0v) is 19.4. The number of hydrogen-bond acceptors (Lipinski definition) is 3. The number of nitrogens with one attached hydrogen (secondary N) is 1. The van der Waals surface area contributed by atoms with Gasteiger partial charge < -0.3 is 5.32 Å². The molecule has 1 N–H and O–H groups in total. The third-order valence-electron chi connectivity index (χ3n) is 4.63. The lowest BCUT2D eigenvalue weighted by Gasteiger charge is -2.26. The first-order chi connectivity index (χ1) is 15.4. The predicted molar refractivity (Wildman–Crippen MR) is 122 cm³/mol. The summed E-state index contributed by atoms with van der Waals surface area (Å²) in [6.45, 7) is 0.908. The summed E-state index contributed by atoms with van der Waals surface area (Å²) < 4.78 is 66.7. The molecule has 0 saturated heterocycles. The first kappa shape index (κ1) is 24.9. The molecule has 3 aromatic rings. The van der Waals surface area contributed by atoms with Crippen LogP contribution in [-0.2, 0) is 21.0 Å². The van der Waals surface area contributed by atoms with Gasteiger partial charge in [0.15, 0.2) is 0 Å². The zero-order chi connectivity index (χ0) is 24.4. The summed E-state index contributed by atoms with van der Waals surface area (Å²) in [5.41, 5.74) is -0.640. The van der Waals surface area contributed by atoms with E-state index in [1.165, 1.54) is 30.3 Å². The summed E-state index contributed by atoms with van der Waals surface area (Å²) in [6, 6.07) is 14.4. The molecule has 0 spiro atoms. The third-order valence-corrected chi connectivity index (χ3v) is 6.96. The molecule has 0 saturated carbocycles. The molecule has 0 aliphatic heterocycles. The van der Waals surface area contributed by atoms with Crippen molar-refractivity contribution in [2.45, 2.75) is 18.0 Å². The lowest BCUT2D eigenvalue weighted by Crippen LogP contribution is -2.38. The molecule has 11 heteroatoms. The van der Waals surface area contributed by atoms with Crippen molar-refractivity contribution in [1.82, 2.24) is 0 Å². The summed E-state index contributed by atoms with van der Waals surface area (Å²) in [4.78, 5) is 12.7. The Balaban J connectivity index is 2.00. The molecular formula is C22H17Cl2F3N2O3S. The number of amides is 1. The van der Waals surface area contributed by atoms with E-state index in [1.54, 1.807) is 25.1 Å². The molecule has 0 aliphatic rings. The summed E-state index contributed by atoms with van der Waals surface area (Å²) in [6.07, 6.45) is -4.65. The van der Waals surface area contributed by atoms with Gasteiger partial charge in [-0.3, -0.25) is 9.10 Å². The Hall–Kier alpha value is -2.75. The van der Waals surface area contributed by atoms with Gasteiger partial charge in [-0.25, -0.2) is 8.42 Å². The number of halogens is 5. The molecule has 3 aromatic carbocycles. The van der Waals surface area contributed by atoms with E-state index in [0.717, 1.165) is 16.4 Å². The van der Waals surface area contributed by atoms with Crippen LogP contribution < -0.4 is 9.62 Å². The molecule has 33 heavy (non-hydrogen) atoms. The Kier molecular flexibility index (Phi) is 7.26. The van der Waals surface area contributed by atoms with E-state index in [-0.39, 0.29) is 26.3 Å². The van der Waals surface area contributed by atoms with Crippen LogP contribution in [0.2, 0.25) is 10.0 Å². The van der Waals surface area contributed by atoms with Gasteiger partial charge in [0.2, 0.25) is 5.91 Å². The molecular weight excluding hydrogens is 500 g/mol. The summed E-state index contributed by atoms with van der Waals surface area (Å²) >= 11 is 12.0. The van der Waals surface area contributed by atoms with Crippen molar-refractivity contribution < 1.29 is 26.4 Å². The van der Waals surface area contributed by atoms with E-state index in [4.69, 9.17) is 23.2 Å². The third kappa shape index (κ3) is 5.79. The number of carbonyl (C=O) groups is 1. The number of benzene rings is 3. The van der Waals surface area contributed by atoms with Gasteiger partial charge in [0.1, 0.15) is 6.54 Å². The van der Waals surface area contributed by atoms with Crippen LogP contribution in [0.5, 0.6) is 0 Å². The van der Waals surface area contributed by atoms with Gasteiger partial charge in [-0.1, -0.05) is 47.5 Å². The molecule has 3 rings (SSSR count). The van der Waals surface area contributed by atoms with Gasteiger partial charge in [-0.2, -0.15) is 13.2 Å². The van der Waals surface area contributed by atoms with E-state index < -0.39 is 34.2 Å². The Morgan fingerprint density at radius 2 is 1.67 bits per heavy atom. The molecule has 0 unspecified atom stereocenters. The molecule has 0 aliphatic carbocycles. The van der Waals surface area contributed by atoms with Crippen LogP contribution in [0.15, 0.2) is 71.6 Å². The average Bonchev–Trinajstić information content (AvgIpc) is 2.75. The minimum atomic E-state index is -4.65. The maximum absolute atomic E-state index is 13.4. The fourth-order valence-corrected chi connectivity index (χ4v) is 4.82. The molecule has 0 radical (unpaired) electrons. The Morgan fingerprint density at radius 3 is 2.30 bits per heavy atom. The Bertz CT molecular complexity index is 1280. The number of hydrogen-bond donors (Lipinski definition) is 1. The van der Waals surface area contributed by atoms with Crippen molar-refractivity contribution in [3.63, 3.8) is 0 Å². The van der Waals surface area contributed by atoms with E-state index in [2.05, 4.69) is 5.32 Å². The number of carbonyl (C=O) groups excluding carboxylic acids is 1. The quantitative estimate of drug-likeness (QED) is 0.426. The Morgan fingerprint density at radius 1 is 1.00 bits per heavy atom. The number of aryl methyl sites for hydroxylation is 1. The predicted octanol–water partition coefficient (Wildman–Crippen LogP) is 6.15. The van der Waals surface area contributed by atoms with Gasteiger partial charge in [0, 0.05) is 5.02 Å². The van der Waals surface area contributed by atoms with E-state index in [0.29, 0.717) is 11.6 Å². The maximum Gasteiger partial charge on any atom is 0.416 e. The van der Waals surface area contributed by atoms with Crippen LogP contribution in [0.4, 0.5) is 24.5 Å². The van der Waals surface area contributed by atoms with Crippen LogP contribution in [0, 0.1) is 6.92 Å². The number of rotatable bonds is 6. The van der Waals surface area contributed by atoms with Crippen LogP contribution >= 0.6 is 23.2 Å². The fraction of sp³-hybridized carbons (Fsp3) is 0.136. The Labute approximate surface area is 198 Å². The second-order valence-corrected chi connectivity index (χ2v) is 9.70. The molecule has 5 nitrogen and oxygen atoms in total. The van der Waals surface area contributed by atoms with Gasteiger partial charge in [-0.05, 0) is 55.0 Å². The first-order valence-electron chi connectivity index (χ1n) is 9.40. The van der Waals surface area contributed by atoms with Gasteiger partial charge in [0.05, 0.1) is 26.9 Å². The monoisotopic (exact) mass is 516 g/mol. The van der Waals surface area contributed by atoms with Crippen LogP contribution in [0.1, 0.15) is 11.1 Å².